The van der Waals surface area contributed by atoms with Gasteiger partial charge in [-0.1, -0.05) is 30.3 Å². The molecule has 0 unspecified atom stereocenters. The summed E-state index contributed by atoms with van der Waals surface area (Å²) in [6.45, 7) is 4.31. The highest BCUT2D eigenvalue weighted by Gasteiger charge is 2.20. The fourth-order valence-corrected chi connectivity index (χ4v) is 3.65. The lowest BCUT2D eigenvalue weighted by Crippen LogP contribution is -2.27. The summed E-state index contributed by atoms with van der Waals surface area (Å²) in [4.78, 5) is 25.7. The SMILES string of the molecule is Cc1nn(CCc2ccccc2)c(C)c1NC(=O)c1nn(C)c2ccc(F)cc2c1=O. The van der Waals surface area contributed by atoms with Crippen LogP contribution in [0.5, 0.6) is 0 Å². The Morgan fingerprint density at radius 3 is 2.58 bits per heavy atom. The van der Waals surface area contributed by atoms with E-state index >= 15 is 0 Å². The lowest BCUT2D eigenvalue weighted by molar-refractivity contribution is 0.101. The third kappa shape index (κ3) is 3.96. The number of hydrogen-bond donors (Lipinski definition) is 1. The van der Waals surface area contributed by atoms with Crippen molar-refractivity contribution in [3.05, 3.63) is 87.2 Å². The second-order valence-electron chi connectivity index (χ2n) is 7.42. The maximum absolute atomic E-state index is 13.7. The molecule has 1 N–H and O–H groups in total. The summed E-state index contributed by atoms with van der Waals surface area (Å²) in [5.74, 6) is -1.20. The molecule has 31 heavy (non-hydrogen) atoms. The number of nitrogens with one attached hydrogen (secondary N) is 1. The fourth-order valence-electron chi connectivity index (χ4n) is 3.65. The minimum atomic E-state index is -0.652. The van der Waals surface area contributed by atoms with Gasteiger partial charge in [0.05, 0.1) is 28.0 Å². The van der Waals surface area contributed by atoms with Crippen molar-refractivity contribution in [3.63, 3.8) is 0 Å². The minimum absolute atomic E-state index is 0.106. The van der Waals surface area contributed by atoms with Gasteiger partial charge in [0.1, 0.15) is 5.82 Å². The predicted molar refractivity (Wildman–Crippen MR) is 117 cm³/mol. The molecule has 0 radical (unpaired) electrons. The summed E-state index contributed by atoms with van der Waals surface area (Å²) in [7, 11) is 1.61. The number of anilines is 1. The van der Waals surface area contributed by atoms with Crippen LogP contribution < -0.4 is 10.7 Å². The number of carbonyl (C=O) groups excluding carboxylic acids is 1. The van der Waals surface area contributed by atoms with Crippen LogP contribution in [0.15, 0.2) is 53.3 Å². The highest BCUT2D eigenvalue weighted by Crippen LogP contribution is 2.21. The number of fused-ring (bicyclic) bond motifs is 1. The van der Waals surface area contributed by atoms with Crippen molar-refractivity contribution >= 4 is 22.5 Å². The van der Waals surface area contributed by atoms with Gasteiger partial charge in [0.15, 0.2) is 5.69 Å². The fraction of sp³-hybridized carbons (Fsp3) is 0.217. The zero-order valence-corrected chi connectivity index (χ0v) is 17.5. The highest BCUT2D eigenvalue weighted by molar-refractivity contribution is 6.04. The first-order valence-electron chi connectivity index (χ1n) is 9.91. The molecular weight excluding hydrogens is 397 g/mol. The molecule has 2 aromatic carbocycles. The molecule has 8 heteroatoms. The van der Waals surface area contributed by atoms with Crippen LogP contribution in [-0.4, -0.2) is 25.5 Å². The van der Waals surface area contributed by atoms with E-state index in [-0.39, 0.29) is 11.1 Å². The smallest absolute Gasteiger partial charge is 0.280 e. The van der Waals surface area contributed by atoms with Crippen molar-refractivity contribution in [3.8, 4) is 0 Å². The van der Waals surface area contributed by atoms with Gasteiger partial charge in [0.2, 0.25) is 5.43 Å². The number of rotatable bonds is 5. The molecule has 4 aromatic rings. The number of benzene rings is 2. The van der Waals surface area contributed by atoms with Crippen LogP contribution >= 0.6 is 0 Å². The quantitative estimate of drug-likeness (QED) is 0.538. The van der Waals surface area contributed by atoms with E-state index < -0.39 is 17.2 Å². The van der Waals surface area contributed by atoms with E-state index in [9.17, 15) is 14.0 Å². The van der Waals surface area contributed by atoms with Crippen molar-refractivity contribution in [2.24, 2.45) is 7.05 Å². The van der Waals surface area contributed by atoms with Crippen molar-refractivity contribution in [1.29, 1.82) is 0 Å². The van der Waals surface area contributed by atoms with Gasteiger partial charge in [-0.3, -0.25) is 19.0 Å². The largest absolute Gasteiger partial charge is 0.317 e. The Hall–Kier alpha value is -3.81. The molecule has 0 saturated carbocycles. The van der Waals surface area contributed by atoms with Gasteiger partial charge in [-0.15, -0.1) is 0 Å². The van der Waals surface area contributed by atoms with Crippen LogP contribution in [-0.2, 0) is 20.0 Å². The molecule has 0 fully saturated rings. The molecule has 2 aromatic heterocycles. The van der Waals surface area contributed by atoms with Gasteiger partial charge >= 0.3 is 0 Å². The Labute approximate surface area is 178 Å². The highest BCUT2D eigenvalue weighted by atomic mass is 19.1. The summed E-state index contributed by atoms with van der Waals surface area (Å²) >= 11 is 0. The normalized spacial score (nSPS) is 11.1. The van der Waals surface area contributed by atoms with Gasteiger partial charge in [0.25, 0.3) is 5.91 Å². The van der Waals surface area contributed by atoms with E-state index in [1.165, 1.54) is 22.4 Å². The summed E-state index contributed by atoms with van der Waals surface area (Å²) < 4.78 is 16.9. The topological polar surface area (TPSA) is 81.8 Å². The molecule has 0 aliphatic rings. The first-order chi connectivity index (χ1) is 14.8. The first-order valence-corrected chi connectivity index (χ1v) is 9.91. The zero-order chi connectivity index (χ0) is 22.1. The Bertz CT molecular complexity index is 1340. The summed E-state index contributed by atoms with van der Waals surface area (Å²) in [5.41, 5.74) is 2.70. The third-order valence-electron chi connectivity index (χ3n) is 5.31. The average Bonchev–Trinajstić information content (AvgIpc) is 3.02. The zero-order valence-electron chi connectivity index (χ0n) is 17.5. The molecule has 2 heterocycles. The predicted octanol–water partition coefficient (Wildman–Crippen LogP) is 3.38. The van der Waals surface area contributed by atoms with E-state index in [0.29, 0.717) is 23.4 Å². The van der Waals surface area contributed by atoms with Gasteiger partial charge < -0.3 is 5.32 Å². The second kappa shape index (κ2) is 8.14. The monoisotopic (exact) mass is 419 g/mol. The Morgan fingerprint density at radius 1 is 1.10 bits per heavy atom. The van der Waals surface area contributed by atoms with Gasteiger partial charge in [-0.2, -0.15) is 10.2 Å². The van der Waals surface area contributed by atoms with Gasteiger partial charge in [-0.05, 0) is 44.0 Å². The number of hydrogen-bond acceptors (Lipinski definition) is 4. The molecule has 7 nitrogen and oxygen atoms in total. The van der Waals surface area contributed by atoms with E-state index in [0.717, 1.165) is 18.2 Å². The molecule has 0 aliphatic carbocycles. The van der Waals surface area contributed by atoms with Crippen LogP contribution in [0.1, 0.15) is 27.4 Å². The standard InChI is InChI=1S/C23H22FN5O2/c1-14-20(15(2)29(26-14)12-11-16-7-5-4-6-8-16)25-23(31)21-22(30)18-13-17(24)9-10-19(18)28(3)27-21/h4-10,13H,11-12H2,1-3H3,(H,25,31). The molecule has 158 valence electrons. The first kappa shape index (κ1) is 20.5. The van der Waals surface area contributed by atoms with E-state index in [2.05, 4.69) is 27.6 Å². The van der Waals surface area contributed by atoms with Crippen LogP contribution in [0.4, 0.5) is 10.1 Å². The van der Waals surface area contributed by atoms with Gasteiger partial charge in [-0.25, -0.2) is 4.39 Å². The number of aryl methyl sites for hydroxylation is 4. The third-order valence-corrected chi connectivity index (χ3v) is 5.31. The number of amides is 1. The molecule has 0 aliphatic heterocycles. The molecule has 0 atom stereocenters. The van der Waals surface area contributed by atoms with Crippen molar-refractivity contribution < 1.29 is 9.18 Å². The second-order valence-corrected chi connectivity index (χ2v) is 7.42. The number of nitrogens with zero attached hydrogens (tertiary/aromatic N) is 4. The van der Waals surface area contributed by atoms with Gasteiger partial charge in [0, 0.05) is 13.6 Å². The lowest BCUT2D eigenvalue weighted by Gasteiger charge is -2.09. The van der Waals surface area contributed by atoms with E-state index in [4.69, 9.17) is 0 Å². The van der Waals surface area contributed by atoms with Crippen LogP contribution in [0, 0.1) is 19.7 Å². The van der Waals surface area contributed by atoms with Crippen LogP contribution in [0.25, 0.3) is 10.9 Å². The Balaban J connectivity index is 1.61. The Morgan fingerprint density at radius 2 is 1.84 bits per heavy atom. The maximum atomic E-state index is 13.7. The molecule has 4 rings (SSSR count). The molecular formula is C23H22FN5O2. The van der Waals surface area contributed by atoms with E-state index in [1.54, 1.807) is 14.0 Å². The van der Waals surface area contributed by atoms with E-state index in [1.807, 2.05) is 29.8 Å². The van der Waals surface area contributed by atoms with Crippen LogP contribution in [0.3, 0.4) is 0 Å². The number of aromatic nitrogens is 4. The van der Waals surface area contributed by atoms with Crippen molar-refractivity contribution in [2.75, 3.05) is 5.32 Å². The van der Waals surface area contributed by atoms with Crippen molar-refractivity contribution in [1.82, 2.24) is 19.6 Å². The molecule has 0 spiro atoms. The average molecular weight is 419 g/mol. The maximum Gasteiger partial charge on any atom is 0.280 e. The molecule has 0 saturated heterocycles. The minimum Gasteiger partial charge on any atom is -0.317 e. The Kier molecular flexibility index (Phi) is 5.37. The number of carbonyl (C=O) groups is 1. The number of halogens is 1. The lowest BCUT2D eigenvalue weighted by atomic mass is 10.1. The molecule has 0 bridgehead atoms. The summed E-state index contributed by atoms with van der Waals surface area (Å²) in [6, 6.07) is 13.9. The molecule has 1 amide bonds. The van der Waals surface area contributed by atoms with Crippen molar-refractivity contribution in [2.45, 2.75) is 26.8 Å². The summed E-state index contributed by atoms with van der Waals surface area (Å²) in [5, 5.41) is 11.5. The van der Waals surface area contributed by atoms with Crippen LogP contribution in [0.2, 0.25) is 0 Å². The summed E-state index contributed by atoms with van der Waals surface area (Å²) in [6.07, 6.45) is 0.800.